The minimum Gasteiger partial charge on any atom is -0.463 e. The third kappa shape index (κ3) is 14.5. The Balaban J connectivity index is 1.35. The zero-order chi connectivity index (χ0) is 37.9. The van der Waals surface area contributed by atoms with Crippen molar-refractivity contribution in [3.05, 3.63) is 83.4 Å². The van der Waals surface area contributed by atoms with E-state index in [1.165, 1.54) is 30.3 Å². The molecule has 0 aliphatic heterocycles. The number of carbonyl (C=O) groups excluding carboxylic acids is 6. The van der Waals surface area contributed by atoms with Crippen LogP contribution in [0, 0.1) is 6.92 Å². The highest BCUT2D eigenvalue weighted by Gasteiger charge is 2.27. The highest BCUT2D eigenvalue weighted by molar-refractivity contribution is 6.32. The van der Waals surface area contributed by atoms with Crippen molar-refractivity contribution in [1.29, 1.82) is 0 Å². The Morgan fingerprint density at radius 1 is 0.635 bits per heavy atom. The molecule has 3 rings (SSSR count). The molecule has 2 aromatic rings. The molecule has 1 aliphatic rings. The quantitative estimate of drug-likeness (QED) is 0.0500. The van der Waals surface area contributed by atoms with Crippen LogP contribution >= 0.6 is 11.6 Å². The summed E-state index contributed by atoms with van der Waals surface area (Å²) in [5.41, 5.74) is 0.964. The summed E-state index contributed by atoms with van der Waals surface area (Å²) in [5, 5.41) is 0.00514. The molecule has 0 amide bonds. The average molecular weight is 745 g/mol. The lowest BCUT2D eigenvalue weighted by Gasteiger charge is -2.28. The predicted molar refractivity (Wildman–Crippen MR) is 184 cm³/mol. The molecule has 1 fully saturated rings. The molecule has 0 aromatic heterocycles. The van der Waals surface area contributed by atoms with Crippen LogP contribution in [0.2, 0.25) is 5.02 Å². The molecule has 0 atom stereocenters. The van der Waals surface area contributed by atoms with Crippen LogP contribution in [0.1, 0.15) is 77.6 Å². The van der Waals surface area contributed by atoms with Crippen molar-refractivity contribution in [2.45, 2.75) is 70.5 Å². The van der Waals surface area contributed by atoms with Gasteiger partial charge in [-0.3, -0.25) is 0 Å². The van der Waals surface area contributed by atoms with Gasteiger partial charge in [0.15, 0.2) is 5.75 Å². The molecule has 0 N–H and O–H groups in total. The van der Waals surface area contributed by atoms with E-state index in [0.29, 0.717) is 56.9 Å². The normalized spacial score (nSPS) is 14.9. The summed E-state index contributed by atoms with van der Waals surface area (Å²) < 4.78 is 41.3. The molecule has 2 aromatic carbocycles. The van der Waals surface area contributed by atoms with Crippen molar-refractivity contribution in [3.8, 4) is 11.5 Å². The van der Waals surface area contributed by atoms with Gasteiger partial charge in [-0.25, -0.2) is 28.8 Å². The van der Waals surface area contributed by atoms with Crippen LogP contribution in [0.3, 0.4) is 0 Å². The van der Waals surface area contributed by atoms with Gasteiger partial charge < -0.3 is 37.9 Å². The fourth-order valence-corrected chi connectivity index (χ4v) is 4.95. The van der Waals surface area contributed by atoms with Gasteiger partial charge in [0.2, 0.25) is 0 Å². The van der Waals surface area contributed by atoms with E-state index in [0.717, 1.165) is 12.2 Å². The van der Waals surface area contributed by atoms with Crippen molar-refractivity contribution < 1.29 is 66.7 Å². The van der Waals surface area contributed by atoms with Crippen molar-refractivity contribution in [2.24, 2.45) is 0 Å². The maximum absolute atomic E-state index is 12.8. The molecule has 280 valence electrons. The number of hydrogen-bond donors (Lipinski definition) is 0. The van der Waals surface area contributed by atoms with E-state index in [1.807, 2.05) is 0 Å². The lowest BCUT2D eigenvalue weighted by atomic mass is 9.94. The summed E-state index contributed by atoms with van der Waals surface area (Å²) >= 11 is 6.22. The lowest BCUT2D eigenvalue weighted by Crippen LogP contribution is -2.29. The number of ether oxygens (including phenoxy) is 8. The molecule has 52 heavy (non-hydrogen) atoms. The Morgan fingerprint density at radius 3 is 1.46 bits per heavy atom. The SMILES string of the molecule is C=CC(=O)OCCCCOC(=O)Oc1ccc(C(=O)O[C@H]2CC[C@H](OC(=O)c3ccc(OC(=O)OCCCCOC(=O)C=C)c(Cl)c3)CC2)cc1C. The Hall–Kier alpha value is -5.37. The van der Waals surface area contributed by atoms with Crippen molar-refractivity contribution in [3.63, 3.8) is 0 Å². The molecule has 0 bridgehead atoms. The van der Waals surface area contributed by atoms with Gasteiger partial charge in [0.25, 0.3) is 0 Å². The highest BCUT2D eigenvalue weighted by Crippen LogP contribution is 2.29. The van der Waals surface area contributed by atoms with Gasteiger partial charge >= 0.3 is 36.2 Å². The number of halogens is 1. The van der Waals surface area contributed by atoms with Gasteiger partial charge in [-0.2, -0.15) is 0 Å². The second-order valence-corrected chi connectivity index (χ2v) is 11.8. The summed E-state index contributed by atoms with van der Waals surface area (Å²) in [6.07, 6.45) is 3.24. The van der Waals surface area contributed by atoms with Crippen LogP contribution < -0.4 is 9.47 Å². The summed E-state index contributed by atoms with van der Waals surface area (Å²) in [4.78, 5) is 71.6. The standard InChI is InChI=1S/C37H41ClO14/c1-4-32(39)45-18-6-8-20-47-36(43)51-30-16-10-25(22-24(30)3)34(41)49-27-12-14-28(15-13-27)50-35(42)26-11-17-31(29(38)23-26)52-37(44)48-21-9-7-19-46-33(40)5-2/h4-5,10-11,16-17,22-23,27-28H,1-2,6-9,12-15,18-21H2,3H3/t27-,28-. The van der Waals surface area contributed by atoms with Crippen LogP contribution in [0.25, 0.3) is 0 Å². The number of rotatable bonds is 18. The molecule has 0 radical (unpaired) electrons. The molecule has 1 aliphatic carbocycles. The molecular formula is C37H41ClO14. The Kier molecular flexibility index (Phi) is 17.2. The van der Waals surface area contributed by atoms with E-state index >= 15 is 0 Å². The first-order chi connectivity index (χ1) is 25.0. The van der Waals surface area contributed by atoms with Gasteiger partial charge in [-0.05, 0) is 100 Å². The van der Waals surface area contributed by atoms with Crippen LogP contribution in [0.4, 0.5) is 9.59 Å². The number of carbonyl (C=O) groups is 6. The number of unbranched alkanes of at least 4 members (excludes halogenated alkanes) is 2. The molecule has 0 heterocycles. The average Bonchev–Trinajstić information content (AvgIpc) is 3.13. The minimum absolute atomic E-state index is 0.000664. The predicted octanol–water partition coefficient (Wildman–Crippen LogP) is 7.02. The van der Waals surface area contributed by atoms with Gasteiger partial charge in [0.1, 0.15) is 18.0 Å². The first-order valence-electron chi connectivity index (χ1n) is 16.6. The van der Waals surface area contributed by atoms with Crippen molar-refractivity contribution in [1.82, 2.24) is 0 Å². The minimum atomic E-state index is -0.980. The molecule has 0 unspecified atom stereocenters. The second kappa shape index (κ2) is 21.8. The highest BCUT2D eigenvalue weighted by atomic mass is 35.5. The number of esters is 4. The zero-order valence-electron chi connectivity index (χ0n) is 28.8. The van der Waals surface area contributed by atoms with Crippen LogP contribution in [-0.2, 0) is 38.0 Å². The maximum Gasteiger partial charge on any atom is 0.513 e. The van der Waals surface area contributed by atoms with Crippen molar-refractivity contribution in [2.75, 3.05) is 26.4 Å². The Labute approximate surface area is 305 Å². The second-order valence-electron chi connectivity index (χ2n) is 11.4. The number of aryl methyl sites for hydroxylation is 1. The topological polar surface area (TPSA) is 176 Å². The van der Waals surface area contributed by atoms with Crippen LogP contribution in [0.15, 0.2) is 61.7 Å². The van der Waals surface area contributed by atoms with Crippen molar-refractivity contribution >= 4 is 47.8 Å². The third-order valence-electron chi connectivity index (χ3n) is 7.47. The summed E-state index contributed by atoms with van der Waals surface area (Å²) in [6.45, 7) is 8.74. The Morgan fingerprint density at radius 2 is 1.04 bits per heavy atom. The molecule has 15 heteroatoms. The summed E-state index contributed by atoms with van der Waals surface area (Å²) in [5.74, 6) is -1.97. The molecule has 0 spiro atoms. The van der Waals surface area contributed by atoms with Gasteiger partial charge in [-0.15, -0.1) is 0 Å². The fourth-order valence-electron chi connectivity index (χ4n) is 4.73. The number of benzene rings is 2. The maximum atomic E-state index is 12.8. The number of hydrogen-bond acceptors (Lipinski definition) is 14. The van der Waals surface area contributed by atoms with E-state index < -0.39 is 42.3 Å². The van der Waals surface area contributed by atoms with E-state index in [-0.39, 0.29) is 60.2 Å². The first kappa shape index (κ1) is 41.1. The smallest absolute Gasteiger partial charge is 0.463 e. The van der Waals surface area contributed by atoms with Crippen LogP contribution in [-0.4, -0.2) is 74.8 Å². The summed E-state index contributed by atoms with van der Waals surface area (Å²) in [6, 6.07) is 8.60. The van der Waals surface area contributed by atoms with E-state index in [2.05, 4.69) is 13.2 Å². The first-order valence-corrected chi connectivity index (χ1v) is 17.0. The van der Waals surface area contributed by atoms with Crippen LogP contribution in [0.5, 0.6) is 11.5 Å². The van der Waals surface area contributed by atoms with E-state index in [9.17, 15) is 28.8 Å². The molecule has 1 saturated carbocycles. The van der Waals surface area contributed by atoms with Gasteiger partial charge in [0, 0.05) is 12.2 Å². The molecule has 0 saturated heterocycles. The Bertz CT molecular complexity index is 1480. The monoisotopic (exact) mass is 744 g/mol. The molecular weight excluding hydrogens is 704 g/mol. The largest absolute Gasteiger partial charge is 0.513 e. The fraction of sp³-hybridized carbons (Fsp3) is 0.405. The lowest BCUT2D eigenvalue weighted by molar-refractivity contribution is -0.138. The zero-order valence-corrected chi connectivity index (χ0v) is 29.5. The third-order valence-corrected chi connectivity index (χ3v) is 7.77. The van der Waals surface area contributed by atoms with Gasteiger partial charge in [0.05, 0.1) is 42.6 Å². The summed E-state index contributed by atoms with van der Waals surface area (Å²) in [7, 11) is 0. The van der Waals surface area contributed by atoms with Gasteiger partial charge in [-0.1, -0.05) is 24.8 Å². The van der Waals surface area contributed by atoms with E-state index in [4.69, 9.17) is 49.5 Å². The molecule has 14 nitrogen and oxygen atoms in total. The van der Waals surface area contributed by atoms with E-state index in [1.54, 1.807) is 13.0 Å².